The summed E-state index contributed by atoms with van der Waals surface area (Å²) in [4.78, 5) is 0. The van der Waals surface area contributed by atoms with Crippen LogP contribution in [0.4, 0.5) is 0 Å². The Balaban J connectivity index is -0.0000000457. The molecule has 7 heteroatoms. The van der Waals surface area contributed by atoms with Crippen LogP contribution in [0.5, 0.6) is 0 Å². The number of rotatable bonds is 2. The fourth-order valence-electron chi connectivity index (χ4n) is 0.134. The van der Waals surface area contributed by atoms with Gasteiger partial charge in [-0.1, -0.05) is 35.9 Å². The Morgan fingerprint density at radius 1 is 1.45 bits per heavy atom. The first kappa shape index (κ1) is 18.4. The number of unbranched alkanes of at least 4 members (excludes halogenated alkanes) is 1. The van der Waals surface area contributed by atoms with E-state index in [-0.39, 0.29) is 31.0 Å². The van der Waals surface area contributed by atoms with E-state index in [1.165, 1.54) is 17.3 Å². The molecule has 4 nitrogen and oxygen atoms in total. The standard InChI is InChI=1S/C4H9I.Na.H2O4S.H/c1-2-3-4-5;;1-5(2,3)4;/h2-4H2,1H3;;(H2,1,2,3,4);/q;+1;;-1. The molecule has 0 unspecified atom stereocenters. The second kappa shape index (κ2) is 11.6. The van der Waals surface area contributed by atoms with Crippen LogP contribution in [0.1, 0.15) is 21.2 Å². The molecule has 11 heavy (non-hydrogen) atoms. The molecule has 0 aliphatic heterocycles. The molecule has 0 aromatic carbocycles. The van der Waals surface area contributed by atoms with E-state index in [1.807, 2.05) is 0 Å². The second-order valence-corrected chi connectivity index (χ2v) is 3.46. The Morgan fingerprint density at radius 2 is 1.73 bits per heavy atom. The first-order valence-electron chi connectivity index (χ1n) is 2.67. The van der Waals surface area contributed by atoms with Gasteiger partial charge >= 0.3 is 40.0 Å². The summed E-state index contributed by atoms with van der Waals surface area (Å²) in [6.07, 6.45) is 2.71. The van der Waals surface area contributed by atoms with E-state index in [4.69, 9.17) is 17.5 Å². The third kappa shape index (κ3) is 82.5. The Labute approximate surface area is 105 Å². The van der Waals surface area contributed by atoms with E-state index in [0.717, 1.165) is 0 Å². The summed E-state index contributed by atoms with van der Waals surface area (Å²) in [7, 11) is -4.67. The number of halogens is 1. The van der Waals surface area contributed by atoms with Crippen molar-refractivity contribution in [2.45, 2.75) is 19.8 Å². The molecule has 0 aromatic heterocycles. The number of hydrogen-bond donors (Lipinski definition) is 2. The molecule has 0 amide bonds. The van der Waals surface area contributed by atoms with Crippen molar-refractivity contribution in [1.29, 1.82) is 0 Å². The van der Waals surface area contributed by atoms with Gasteiger partial charge in [0, 0.05) is 0 Å². The van der Waals surface area contributed by atoms with Crippen LogP contribution in [0, 0.1) is 0 Å². The molecular weight excluding hydrogens is 294 g/mol. The van der Waals surface area contributed by atoms with Crippen molar-refractivity contribution in [2.75, 3.05) is 4.43 Å². The number of alkyl halides is 1. The Kier molecular flexibility index (Phi) is 19.4. The van der Waals surface area contributed by atoms with Crippen molar-refractivity contribution in [3.8, 4) is 0 Å². The average Bonchev–Trinajstić information content (AvgIpc) is 1.63. The van der Waals surface area contributed by atoms with Crippen molar-refractivity contribution < 1.29 is 48.5 Å². The summed E-state index contributed by atoms with van der Waals surface area (Å²) < 4.78 is 32.9. The van der Waals surface area contributed by atoms with Gasteiger partial charge in [-0.15, -0.1) is 0 Å². The molecule has 0 atom stereocenters. The molecule has 0 aliphatic carbocycles. The fourth-order valence-corrected chi connectivity index (χ4v) is 0.896. The predicted octanol–water partition coefficient (Wildman–Crippen LogP) is -1.31. The molecule has 0 aromatic rings. The smallest absolute Gasteiger partial charge is 1.00 e. The third-order valence-electron chi connectivity index (χ3n) is 0.487. The minimum absolute atomic E-state index is 0. The largest absolute Gasteiger partial charge is 1.00 e. The maximum atomic E-state index is 8.74. The van der Waals surface area contributed by atoms with Gasteiger partial charge in [-0.25, -0.2) is 0 Å². The zero-order valence-corrected chi connectivity index (χ0v) is 11.6. The second-order valence-electron chi connectivity index (χ2n) is 1.49. The molecule has 0 spiro atoms. The minimum atomic E-state index is -4.67. The van der Waals surface area contributed by atoms with Gasteiger partial charge in [0.05, 0.1) is 0 Å². The molecule has 0 saturated carbocycles. The van der Waals surface area contributed by atoms with Crippen molar-refractivity contribution in [2.24, 2.45) is 0 Å². The maximum absolute atomic E-state index is 8.74. The van der Waals surface area contributed by atoms with Gasteiger partial charge in [-0.05, 0) is 10.8 Å². The molecule has 0 rings (SSSR count). The van der Waals surface area contributed by atoms with Crippen molar-refractivity contribution in [3.05, 3.63) is 0 Å². The number of hydrogen-bond acceptors (Lipinski definition) is 2. The quantitative estimate of drug-likeness (QED) is 0.287. The normalized spacial score (nSPS) is 9.09. The fraction of sp³-hybridized carbons (Fsp3) is 1.00. The van der Waals surface area contributed by atoms with Crippen LogP contribution >= 0.6 is 22.6 Å². The van der Waals surface area contributed by atoms with Crippen LogP contribution in [-0.2, 0) is 10.4 Å². The van der Waals surface area contributed by atoms with Gasteiger partial charge in [0.25, 0.3) is 0 Å². The molecule has 0 heterocycles. The summed E-state index contributed by atoms with van der Waals surface area (Å²) in [5.74, 6) is 0. The maximum Gasteiger partial charge on any atom is 1.00 e. The molecule has 0 radical (unpaired) electrons. The molecule has 0 aliphatic rings. The molecule has 66 valence electrons. The predicted molar refractivity (Wildman–Crippen MR) is 49.1 cm³/mol. The zero-order valence-electron chi connectivity index (χ0n) is 7.62. The minimum Gasteiger partial charge on any atom is -1.00 e. The first-order valence-corrected chi connectivity index (χ1v) is 5.60. The van der Waals surface area contributed by atoms with Crippen molar-refractivity contribution in [3.63, 3.8) is 0 Å². The van der Waals surface area contributed by atoms with E-state index in [2.05, 4.69) is 29.5 Å². The van der Waals surface area contributed by atoms with E-state index in [0.29, 0.717) is 0 Å². The average molecular weight is 306 g/mol. The Bertz CT molecular complexity index is 141. The molecule has 2 N–H and O–H groups in total. The summed E-state index contributed by atoms with van der Waals surface area (Å²) in [5, 5.41) is 0. The van der Waals surface area contributed by atoms with Crippen molar-refractivity contribution in [1.82, 2.24) is 0 Å². The zero-order chi connectivity index (χ0) is 8.62. The van der Waals surface area contributed by atoms with Crippen molar-refractivity contribution >= 4 is 33.0 Å². The van der Waals surface area contributed by atoms with Gasteiger partial charge in [0.2, 0.25) is 0 Å². The summed E-state index contributed by atoms with van der Waals surface area (Å²) >= 11 is 2.39. The van der Waals surface area contributed by atoms with Gasteiger partial charge < -0.3 is 1.43 Å². The molecule has 0 fully saturated rings. The van der Waals surface area contributed by atoms with E-state index < -0.39 is 10.4 Å². The summed E-state index contributed by atoms with van der Waals surface area (Å²) in [6, 6.07) is 0. The third-order valence-corrected chi connectivity index (χ3v) is 1.25. The van der Waals surface area contributed by atoms with Gasteiger partial charge in [0.1, 0.15) is 0 Å². The first-order chi connectivity index (χ1) is 4.41. The van der Waals surface area contributed by atoms with Crippen LogP contribution in [0.15, 0.2) is 0 Å². The van der Waals surface area contributed by atoms with E-state index in [1.54, 1.807) is 0 Å². The Hall–Kier alpha value is 1.60. The topological polar surface area (TPSA) is 74.6 Å². The van der Waals surface area contributed by atoms with E-state index in [9.17, 15) is 0 Å². The van der Waals surface area contributed by atoms with Crippen LogP contribution in [-0.4, -0.2) is 22.0 Å². The van der Waals surface area contributed by atoms with Gasteiger partial charge in [-0.2, -0.15) is 8.42 Å². The summed E-state index contributed by atoms with van der Waals surface area (Å²) in [6.45, 7) is 2.21. The van der Waals surface area contributed by atoms with Crippen LogP contribution < -0.4 is 29.6 Å². The summed E-state index contributed by atoms with van der Waals surface area (Å²) in [5.41, 5.74) is 0. The van der Waals surface area contributed by atoms with Gasteiger partial charge in [-0.3, -0.25) is 9.11 Å². The monoisotopic (exact) mass is 306 g/mol. The van der Waals surface area contributed by atoms with Gasteiger partial charge in [0.15, 0.2) is 0 Å². The SMILES string of the molecule is CCCCI.O=S(=O)(O)O.[H-].[Na+]. The van der Waals surface area contributed by atoms with E-state index >= 15 is 0 Å². The Morgan fingerprint density at radius 3 is 1.73 bits per heavy atom. The molecular formula is C4H12INaO4S. The van der Waals surface area contributed by atoms with Crippen LogP contribution in [0.2, 0.25) is 0 Å². The molecule has 0 bridgehead atoms. The molecule has 0 saturated heterocycles. The van der Waals surface area contributed by atoms with Crippen LogP contribution in [0.25, 0.3) is 0 Å². The van der Waals surface area contributed by atoms with Crippen LogP contribution in [0.3, 0.4) is 0 Å².